The number of rotatable bonds is 4. The molecule has 0 saturated carbocycles. The fourth-order valence-electron chi connectivity index (χ4n) is 2.29. The van der Waals surface area contributed by atoms with Gasteiger partial charge in [-0.15, -0.1) is 0 Å². The van der Waals surface area contributed by atoms with Gasteiger partial charge in [0, 0.05) is 18.8 Å². The maximum Gasteiger partial charge on any atom is 0.469 e. The molecule has 2 heterocycles. The van der Waals surface area contributed by atoms with Gasteiger partial charge in [-0.3, -0.25) is 18.5 Å². The Morgan fingerprint density at radius 1 is 1.30 bits per heavy atom. The molecule has 23 heavy (non-hydrogen) atoms. The third kappa shape index (κ3) is 3.61. The quantitative estimate of drug-likeness (QED) is 0.432. The lowest BCUT2D eigenvalue weighted by atomic mass is 10.1. The van der Waals surface area contributed by atoms with Crippen molar-refractivity contribution < 1.29 is 33.8 Å². The molecule has 1 aromatic rings. The molecular formula is C11H17N2O9P. The Kier molecular flexibility index (Phi) is 4.92. The lowest BCUT2D eigenvalue weighted by Gasteiger charge is -2.18. The highest BCUT2D eigenvalue weighted by atomic mass is 31.2. The molecule has 130 valence electrons. The summed E-state index contributed by atoms with van der Waals surface area (Å²) in [6.45, 7) is 0.781. The summed E-state index contributed by atoms with van der Waals surface area (Å²) in [5, 5.41) is 19.9. The molecule has 1 aliphatic rings. The SMILES string of the molecule is Cc1cn([C@@H]2O[C@H](COP(=O)(O)O)[C@@H](O)[C@H]2O)c(=O)n(C)c1=O. The van der Waals surface area contributed by atoms with Gasteiger partial charge in [0.25, 0.3) is 5.56 Å². The molecule has 2 rings (SSSR count). The minimum Gasteiger partial charge on any atom is -0.387 e. The summed E-state index contributed by atoms with van der Waals surface area (Å²) in [5.41, 5.74) is -1.07. The predicted octanol–water partition coefficient (Wildman–Crippen LogP) is -2.42. The summed E-state index contributed by atoms with van der Waals surface area (Å²) in [7, 11) is -3.52. The van der Waals surface area contributed by atoms with E-state index in [-0.39, 0.29) is 5.56 Å². The van der Waals surface area contributed by atoms with E-state index in [4.69, 9.17) is 14.5 Å². The number of aliphatic hydroxyl groups excluding tert-OH is 2. The van der Waals surface area contributed by atoms with Crippen molar-refractivity contribution in [3.8, 4) is 0 Å². The Balaban J connectivity index is 2.30. The van der Waals surface area contributed by atoms with Crippen molar-refractivity contribution in [3.05, 3.63) is 32.6 Å². The topological polar surface area (TPSA) is 160 Å². The maximum absolute atomic E-state index is 12.1. The Labute approximate surface area is 129 Å². The van der Waals surface area contributed by atoms with Crippen LogP contribution in [-0.4, -0.2) is 54.1 Å². The first kappa shape index (κ1) is 18.0. The molecule has 0 radical (unpaired) electrons. The number of hydrogen-bond acceptors (Lipinski definition) is 7. The van der Waals surface area contributed by atoms with Gasteiger partial charge in [-0.25, -0.2) is 9.36 Å². The Morgan fingerprint density at radius 2 is 1.91 bits per heavy atom. The van der Waals surface area contributed by atoms with E-state index in [0.29, 0.717) is 0 Å². The number of aromatic nitrogens is 2. The Bertz CT molecular complexity index is 751. The number of hydrogen-bond donors (Lipinski definition) is 4. The summed E-state index contributed by atoms with van der Waals surface area (Å²) in [6.07, 6.45) is -4.48. The smallest absolute Gasteiger partial charge is 0.387 e. The van der Waals surface area contributed by atoms with Crippen molar-refractivity contribution in [1.82, 2.24) is 9.13 Å². The lowest BCUT2D eigenvalue weighted by molar-refractivity contribution is -0.0548. The summed E-state index contributed by atoms with van der Waals surface area (Å²) in [4.78, 5) is 41.1. The summed E-state index contributed by atoms with van der Waals surface area (Å²) >= 11 is 0. The third-order valence-corrected chi connectivity index (χ3v) is 3.99. The molecule has 0 unspecified atom stereocenters. The van der Waals surface area contributed by atoms with E-state index in [1.54, 1.807) is 0 Å². The van der Waals surface area contributed by atoms with Gasteiger partial charge in [-0.2, -0.15) is 0 Å². The van der Waals surface area contributed by atoms with Crippen LogP contribution in [0.1, 0.15) is 11.8 Å². The molecule has 4 atom stereocenters. The van der Waals surface area contributed by atoms with Gasteiger partial charge in [0.2, 0.25) is 0 Å². The van der Waals surface area contributed by atoms with Crippen LogP contribution >= 0.6 is 7.82 Å². The van der Waals surface area contributed by atoms with Crippen LogP contribution in [0.2, 0.25) is 0 Å². The number of phosphoric acid groups is 1. The minimum atomic E-state index is -4.77. The molecule has 0 aliphatic carbocycles. The van der Waals surface area contributed by atoms with E-state index in [1.807, 2.05) is 0 Å². The van der Waals surface area contributed by atoms with E-state index >= 15 is 0 Å². The fourth-order valence-corrected chi connectivity index (χ4v) is 2.63. The molecule has 12 heteroatoms. The zero-order valence-electron chi connectivity index (χ0n) is 12.3. The van der Waals surface area contributed by atoms with E-state index in [9.17, 15) is 24.4 Å². The van der Waals surface area contributed by atoms with Crippen molar-refractivity contribution in [2.45, 2.75) is 31.5 Å². The number of phosphoric ester groups is 1. The maximum atomic E-state index is 12.1. The van der Waals surface area contributed by atoms with Crippen LogP contribution in [0.3, 0.4) is 0 Å². The van der Waals surface area contributed by atoms with Crippen molar-refractivity contribution in [2.24, 2.45) is 7.05 Å². The van der Waals surface area contributed by atoms with Crippen LogP contribution < -0.4 is 11.2 Å². The molecule has 0 amide bonds. The Morgan fingerprint density at radius 3 is 2.48 bits per heavy atom. The lowest BCUT2D eigenvalue weighted by Crippen LogP contribution is -2.43. The standard InChI is InChI=1S/C11H17N2O9P/c1-5-3-13(11(17)12(2)9(5)16)10-8(15)7(14)6(22-10)4-21-23(18,19)20/h3,6-8,10,14-15H,4H2,1-2H3,(H2,18,19,20)/t6-,7-,8-,10-/m1/s1. The first-order valence-electron chi connectivity index (χ1n) is 6.53. The second kappa shape index (κ2) is 6.29. The van der Waals surface area contributed by atoms with Crippen molar-refractivity contribution in [3.63, 3.8) is 0 Å². The summed E-state index contributed by atoms with van der Waals surface area (Å²) < 4.78 is 22.0. The van der Waals surface area contributed by atoms with Gasteiger partial charge in [0.05, 0.1) is 6.61 Å². The van der Waals surface area contributed by atoms with Crippen molar-refractivity contribution >= 4 is 7.82 Å². The molecule has 1 aliphatic heterocycles. The van der Waals surface area contributed by atoms with Crippen LogP contribution in [0.15, 0.2) is 15.8 Å². The number of aryl methyl sites for hydroxylation is 1. The second-order valence-electron chi connectivity index (χ2n) is 5.20. The van der Waals surface area contributed by atoms with Crippen molar-refractivity contribution in [2.75, 3.05) is 6.61 Å². The molecule has 1 saturated heterocycles. The van der Waals surface area contributed by atoms with Crippen LogP contribution in [0, 0.1) is 6.92 Å². The molecule has 11 nitrogen and oxygen atoms in total. The van der Waals surface area contributed by atoms with Gasteiger partial charge < -0.3 is 24.7 Å². The molecule has 1 fully saturated rings. The Hall–Kier alpha value is -1.33. The zero-order chi connectivity index (χ0) is 17.5. The average Bonchev–Trinajstić information content (AvgIpc) is 2.74. The normalized spacial score (nSPS) is 28.3. The molecule has 4 N–H and O–H groups in total. The van der Waals surface area contributed by atoms with Gasteiger partial charge in [-0.1, -0.05) is 0 Å². The molecule has 1 aromatic heterocycles. The van der Waals surface area contributed by atoms with E-state index in [1.165, 1.54) is 20.2 Å². The molecule has 0 bridgehead atoms. The zero-order valence-corrected chi connectivity index (χ0v) is 13.2. The van der Waals surface area contributed by atoms with Crippen LogP contribution in [-0.2, 0) is 20.9 Å². The monoisotopic (exact) mass is 352 g/mol. The van der Waals surface area contributed by atoms with Crippen LogP contribution in [0.5, 0.6) is 0 Å². The van der Waals surface area contributed by atoms with Gasteiger partial charge in [0.1, 0.15) is 18.3 Å². The molecular weight excluding hydrogens is 335 g/mol. The highest BCUT2D eigenvalue weighted by molar-refractivity contribution is 7.46. The summed E-state index contributed by atoms with van der Waals surface area (Å²) in [6, 6.07) is 0. The largest absolute Gasteiger partial charge is 0.469 e. The highest BCUT2D eigenvalue weighted by Crippen LogP contribution is 2.38. The van der Waals surface area contributed by atoms with Gasteiger partial charge in [0.15, 0.2) is 6.23 Å². The van der Waals surface area contributed by atoms with Crippen LogP contribution in [0.4, 0.5) is 0 Å². The second-order valence-corrected chi connectivity index (χ2v) is 6.44. The predicted molar refractivity (Wildman–Crippen MR) is 74.6 cm³/mol. The van der Waals surface area contributed by atoms with Crippen LogP contribution in [0.25, 0.3) is 0 Å². The first-order chi connectivity index (χ1) is 10.5. The molecule has 0 aromatic carbocycles. The third-order valence-electron chi connectivity index (χ3n) is 3.50. The van der Waals surface area contributed by atoms with E-state index in [0.717, 1.165) is 9.13 Å². The number of nitrogens with zero attached hydrogens (tertiary/aromatic N) is 2. The fraction of sp³-hybridized carbons (Fsp3) is 0.636. The minimum absolute atomic E-state index is 0.215. The number of aliphatic hydroxyl groups is 2. The first-order valence-corrected chi connectivity index (χ1v) is 8.06. The highest BCUT2D eigenvalue weighted by Gasteiger charge is 2.45. The average molecular weight is 352 g/mol. The van der Waals surface area contributed by atoms with Gasteiger partial charge >= 0.3 is 13.5 Å². The van der Waals surface area contributed by atoms with E-state index < -0.39 is 50.2 Å². The summed E-state index contributed by atoms with van der Waals surface area (Å²) in [5.74, 6) is 0. The molecule has 0 spiro atoms. The van der Waals surface area contributed by atoms with Gasteiger partial charge in [-0.05, 0) is 6.92 Å². The van der Waals surface area contributed by atoms with E-state index in [2.05, 4.69) is 4.52 Å². The van der Waals surface area contributed by atoms with Crippen molar-refractivity contribution in [1.29, 1.82) is 0 Å². The number of ether oxygens (including phenoxy) is 1.